The second kappa shape index (κ2) is 5.83. The molecule has 0 spiro atoms. The number of rotatable bonds is 4. The fourth-order valence-electron chi connectivity index (χ4n) is 1.33. The van der Waals surface area contributed by atoms with Crippen molar-refractivity contribution in [2.75, 3.05) is 0 Å². The van der Waals surface area contributed by atoms with E-state index in [-0.39, 0.29) is 11.4 Å². The molecule has 1 aromatic carbocycles. The van der Waals surface area contributed by atoms with Crippen LogP contribution < -0.4 is 11.1 Å². The lowest BCUT2D eigenvalue weighted by Gasteiger charge is -2.15. The zero-order valence-corrected chi connectivity index (χ0v) is 9.35. The number of hydrogen-bond acceptors (Lipinski definition) is 3. The molecule has 0 aliphatic rings. The van der Waals surface area contributed by atoms with Gasteiger partial charge < -0.3 is 16.3 Å². The van der Waals surface area contributed by atoms with E-state index in [0.29, 0.717) is 6.42 Å². The molecule has 0 aromatic heterocycles. The number of carbonyl (C=O) groups is 1. The van der Waals surface area contributed by atoms with Crippen molar-refractivity contribution in [1.82, 2.24) is 5.32 Å². The molecule has 92 valence electrons. The van der Waals surface area contributed by atoms with E-state index >= 15 is 0 Å². The number of benzene rings is 1. The lowest BCUT2D eigenvalue weighted by molar-refractivity contribution is 0.0945. The first-order valence-corrected chi connectivity index (χ1v) is 5.12. The first kappa shape index (κ1) is 13.0. The van der Waals surface area contributed by atoms with Gasteiger partial charge in [0.1, 0.15) is 5.82 Å². The van der Waals surface area contributed by atoms with Crippen LogP contribution in [0.1, 0.15) is 23.7 Å². The Labute approximate surface area is 98.1 Å². The molecule has 0 heterocycles. The Hall–Kier alpha value is -2.11. The topological polar surface area (TPSA) is 87.7 Å². The number of oxime groups is 1. The third-order valence-electron chi connectivity index (χ3n) is 2.27. The van der Waals surface area contributed by atoms with Gasteiger partial charge >= 0.3 is 0 Å². The quantitative estimate of drug-likeness (QED) is 0.318. The van der Waals surface area contributed by atoms with Crippen molar-refractivity contribution in [2.24, 2.45) is 10.9 Å². The highest BCUT2D eigenvalue weighted by atomic mass is 19.1. The molecule has 1 atom stereocenters. The molecule has 0 aliphatic heterocycles. The summed E-state index contributed by atoms with van der Waals surface area (Å²) in [6.45, 7) is 1.77. The maximum Gasteiger partial charge on any atom is 0.251 e. The molecule has 0 aliphatic carbocycles. The number of hydrogen-bond donors (Lipinski definition) is 3. The van der Waals surface area contributed by atoms with Crippen molar-refractivity contribution in [1.29, 1.82) is 0 Å². The summed E-state index contributed by atoms with van der Waals surface area (Å²) in [6.07, 6.45) is 0.469. The Bertz CT molecular complexity index is 434. The summed E-state index contributed by atoms with van der Waals surface area (Å²) in [4.78, 5) is 11.7. The van der Waals surface area contributed by atoms with E-state index < -0.39 is 17.8 Å². The molecule has 0 saturated heterocycles. The predicted octanol–water partition coefficient (Wildman–Crippen LogP) is 1.08. The number of halogens is 1. The number of nitrogens with zero attached hydrogens (tertiary/aromatic N) is 1. The van der Waals surface area contributed by atoms with E-state index in [1.54, 1.807) is 6.92 Å². The Balaban J connectivity index is 2.78. The molecule has 17 heavy (non-hydrogen) atoms. The van der Waals surface area contributed by atoms with Gasteiger partial charge in [-0.1, -0.05) is 18.1 Å². The van der Waals surface area contributed by atoms with Crippen molar-refractivity contribution in [3.63, 3.8) is 0 Å². The third-order valence-corrected chi connectivity index (χ3v) is 2.27. The van der Waals surface area contributed by atoms with E-state index in [0.717, 1.165) is 6.07 Å². The number of amides is 1. The first-order chi connectivity index (χ1) is 8.08. The van der Waals surface area contributed by atoms with Crippen molar-refractivity contribution in [2.45, 2.75) is 19.4 Å². The Morgan fingerprint density at radius 3 is 2.88 bits per heavy atom. The minimum Gasteiger partial charge on any atom is -0.409 e. The van der Waals surface area contributed by atoms with Gasteiger partial charge in [-0.25, -0.2) is 4.39 Å². The zero-order valence-electron chi connectivity index (χ0n) is 9.35. The van der Waals surface area contributed by atoms with E-state index in [1.807, 2.05) is 0 Å². The molecule has 1 unspecified atom stereocenters. The maximum atomic E-state index is 12.9. The molecule has 4 N–H and O–H groups in total. The molecule has 0 radical (unpaired) electrons. The van der Waals surface area contributed by atoms with Crippen LogP contribution in [0.5, 0.6) is 0 Å². The van der Waals surface area contributed by atoms with Gasteiger partial charge in [0.05, 0.1) is 6.04 Å². The summed E-state index contributed by atoms with van der Waals surface area (Å²) in [6, 6.07) is 4.72. The average Bonchev–Trinajstić information content (AvgIpc) is 2.34. The second-order valence-electron chi connectivity index (χ2n) is 3.47. The van der Waals surface area contributed by atoms with E-state index in [1.165, 1.54) is 18.2 Å². The summed E-state index contributed by atoms with van der Waals surface area (Å²) < 4.78 is 12.9. The molecular formula is C11H14FN3O2. The molecule has 1 amide bonds. The van der Waals surface area contributed by atoms with Crippen LogP contribution in [0.15, 0.2) is 29.4 Å². The fraction of sp³-hybridized carbons (Fsp3) is 0.273. The molecule has 0 bridgehead atoms. The maximum absolute atomic E-state index is 12.9. The van der Waals surface area contributed by atoms with Crippen molar-refractivity contribution in [3.05, 3.63) is 35.6 Å². The minimum absolute atomic E-state index is 0.0859. The predicted molar refractivity (Wildman–Crippen MR) is 61.4 cm³/mol. The number of nitrogens with one attached hydrogen (secondary N) is 1. The highest BCUT2D eigenvalue weighted by molar-refractivity contribution is 5.98. The summed E-state index contributed by atoms with van der Waals surface area (Å²) in [5.41, 5.74) is 5.58. The fourth-order valence-corrected chi connectivity index (χ4v) is 1.33. The molecule has 0 saturated carbocycles. The van der Waals surface area contributed by atoms with Gasteiger partial charge in [-0.2, -0.15) is 0 Å². The number of amidine groups is 1. The second-order valence-corrected chi connectivity index (χ2v) is 3.47. The average molecular weight is 239 g/mol. The van der Waals surface area contributed by atoms with Crippen LogP contribution >= 0.6 is 0 Å². The molecular weight excluding hydrogens is 225 g/mol. The zero-order chi connectivity index (χ0) is 12.8. The standard InChI is InChI=1S/C11H14FN3O2/c1-2-9(10(13)15-17)14-11(16)7-4-3-5-8(12)6-7/h3-6,9,17H,2H2,1H3,(H2,13,15)(H,14,16). The summed E-state index contributed by atoms with van der Waals surface area (Å²) in [5.74, 6) is -1.05. The van der Waals surface area contributed by atoms with Gasteiger partial charge in [0.15, 0.2) is 5.84 Å². The smallest absolute Gasteiger partial charge is 0.251 e. The summed E-state index contributed by atoms with van der Waals surface area (Å²) >= 11 is 0. The van der Waals surface area contributed by atoms with E-state index in [2.05, 4.69) is 10.5 Å². The van der Waals surface area contributed by atoms with Crippen LogP contribution in [0.3, 0.4) is 0 Å². The number of nitrogens with two attached hydrogens (primary N) is 1. The monoisotopic (exact) mass is 239 g/mol. The van der Waals surface area contributed by atoms with Gasteiger partial charge in [0.2, 0.25) is 0 Å². The highest BCUT2D eigenvalue weighted by Gasteiger charge is 2.16. The van der Waals surface area contributed by atoms with Crippen molar-refractivity contribution >= 4 is 11.7 Å². The van der Waals surface area contributed by atoms with Crippen LogP contribution in [-0.2, 0) is 0 Å². The van der Waals surface area contributed by atoms with E-state index in [9.17, 15) is 9.18 Å². The Morgan fingerprint density at radius 2 is 2.35 bits per heavy atom. The van der Waals surface area contributed by atoms with Crippen LogP contribution in [0.2, 0.25) is 0 Å². The van der Waals surface area contributed by atoms with E-state index in [4.69, 9.17) is 10.9 Å². The highest BCUT2D eigenvalue weighted by Crippen LogP contribution is 2.04. The number of carbonyl (C=O) groups excluding carboxylic acids is 1. The van der Waals surface area contributed by atoms with Crippen LogP contribution in [0.4, 0.5) is 4.39 Å². The third kappa shape index (κ3) is 3.44. The van der Waals surface area contributed by atoms with Gasteiger partial charge in [-0.05, 0) is 24.6 Å². The lowest BCUT2D eigenvalue weighted by atomic mass is 10.1. The summed E-state index contributed by atoms with van der Waals surface area (Å²) in [5, 5.41) is 13.9. The van der Waals surface area contributed by atoms with Crippen LogP contribution in [-0.4, -0.2) is 23.0 Å². The molecule has 0 fully saturated rings. The molecule has 1 aromatic rings. The van der Waals surface area contributed by atoms with Gasteiger partial charge in [0, 0.05) is 5.56 Å². The normalized spacial score (nSPS) is 13.2. The Kier molecular flexibility index (Phi) is 4.45. The Morgan fingerprint density at radius 1 is 1.65 bits per heavy atom. The molecule has 5 nitrogen and oxygen atoms in total. The minimum atomic E-state index is -0.573. The van der Waals surface area contributed by atoms with Gasteiger partial charge in [-0.15, -0.1) is 0 Å². The summed E-state index contributed by atoms with van der Waals surface area (Å²) in [7, 11) is 0. The first-order valence-electron chi connectivity index (χ1n) is 5.12. The molecule has 6 heteroatoms. The van der Waals surface area contributed by atoms with Gasteiger partial charge in [-0.3, -0.25) is 4.79 Å². The lowest BCUT2D eigenvalue weighted by Crippen LogP contribution is -2.44. The van der Waals surface area contributed by atoms with Crippen molar-refractivity contribution < 1.29 is 14.4 Å². The van der Waals surface area contributed by atoms with Crippen LogP contribution in [0.25, 0.3) is 0 Å². The van der Waals surface area contributed by atoms with Gasteiger partial charge in [0.25, 0.3) is 5.91 Å². The largest absolute Gasteiger partial charge is 0.409 e. The molecule has 1 rings (SSSR count). The SMILES string of the molecule is CCC(NC(=O)c1cccc(F)c1)/C(N)=N/O. The van der Waals surface area contributed by atoms with Crippen LogP contribution in [0, 0.1) is 5.82 Å². The van der Waals surface area contributed by atoms with Crippen molar-refractivity contribution in [3.8, 4) is 0 Å².